The average Bonchev–Trinajstić information content (AvgIpc) is 3.48. The van der Waals surface area contributed by atoms with Gasteiger partial charge in [0.15, 0.2) is 10.8 Å². The predicted molar refractivity (Wildman–Crippen MR) is 124 cm³/mol. The second-order valence-corrected chi connectivity index (χ2v) is 8.79. The number of carbonyl (C=O) groups excluding carboxylic acids is 1. The standard InChI is InChI=1S/C22H17N5O2S2/c28-19(23-11-15-7-4-10-30-15)13-31-22-25-20-17(12-24-26-20)21(29)27(22)18-9-3-6-14-5-1-2-8-16(14)18/h1-10,12H,11,13H2,(H,23,28)(H,24,26). The van der Waals surface area contributed by atoms with Gasteiger partial charge in [-0.3, -0.25) is 19.3 Å². The number of thiophene rings is 1. The van der Waals surface area contributed by atoms with Gasteiger partial charge in [0, 0.05) is 10.3 Å². The molecule has 0 saturated heterocycles. The van der Waals surface area contributed by atoms with E-state index in [-0.39, 0.29) is 17.2 Å². The molecule has 5 aromatic rings. The largest absolute Gasteiger partial charge is 0.350 e. The van der Waals surface area contributed by atoms with E-state index < -0.39 is 0 Å². The van der Waals surface area contributed by atoms with Crippen LogP contribution in [0.1, 0.15) is 4.88 Å². The fourth-order valence-electron chi connectivity index (χ4n) is 3.37. The van der Waals surface area contributed by atoms with E-state index in [1.165, 1.54) is 18.0 Å². The van der Waals surface area contributed by atoms with Gasteiger partial charge in [-0.2, -0.15) is 5.10 Å². The quantitative estimate of drug-likeness (QED) is 0.306. The molecule has 2 N–H and O–H groups in total. The predicted octanol–water partition coefficient (Wildman–Crippen LogP) is 3.73. The van der Waals surface area contributed by atoms with E-state index in [1.807, 2.05) is 60.0 Å². The summed E-state index contributed by atoms with van der Waals surface area (Å²) in [5.41, 5.74) is 0.903. The molecular formula is C22H17N5O2S2. The van der Waals surface area contributed by atoms with Gasteiger partial charge in [-0.05, 0) is 22.9 Å². The van der Waals surface area contributed by atoms with Gasteiger partial charge in [0.05, 0.1) is 24.2 Å². The zero-order chi connectivity index (χ0) is 21.2. The summed E-state index contributed by atoms with van der Waals surface area (Å²) in [5.74, 6) is 0.0178. The van der Waals surface area contributed by atoms with Crippen molar-refractivity contribution in [2.45, 2.75) is 11.7 Å². The van der Waals surface area contributed by atoms with Gasteiger partial charge < -0.3 is 5.32 Å². The maximum atomic E-state index is 13.3. The van der Waals surface area contributed by atoms with Crippen LogP contribution in [0.4, 0.5) is 0 Å². The molecule has 0 bridgehead atoms. The van der Waals surface area contributed by atoms with Gasteiger partial charge in [0.2, 0.25) is 5.91 Å². The van der Waals surface area contributed by atoms with Crippen LogP contribution in [0.5, 0.6) is 0 Å². The molecule has 0 aliphatic heterocycles. The van der Waals surface area contributed by atoms with Crippen molar-refractivity contribution in [3.8, 4) is 5.69 Å². The van der Waals surface area contributed by atoms with Crippen LogP contribution in [0.3, 0.4) is 0 Å². The lowest BCUT2D eigenvalue weighted by Gasteiger charge is -2.14. The van der Waals surface area contributed by atoms with Crippen molar-refractivity contribution < 1.29 is 4.79 Å². The zero-order valence-electron chi connectivity index (χ0n) is 16.2. The summed E-state index contributed by atoms with van der Waals surface area (Å²) in [6.07, 6.45) is 1.48. The zero-order valence-corrected chi connectivity index (χ0v) is 17.9. The Morgan fingerprint density at radius 2 is 1.97 bits per heavy atom. The van der Waals surface area contributed by atoms with E-state index in [4.69, 9.17) is 0 Å². The molecule has 0 atom stereocenters. The van der Waals surface area contributed by atoms with Crippen molar-refractivity contribution >= 4 is 50.8 Å². The molecule has 3 heterocycles. The Morgan fingerprint density at radius 1 is 1.10 bits per heavy atom. The lowest BCUT2D eigenvalue weighted by molar-refractivity contribution is -0.118. The first-order valence-electron chi connectivity index (χ1n) is 9.57. The lowest BCUT2D eigenvalue weighted by atomic mass is 10.1. The summed E-state index contributed by atoms with van der Waals surface area (Å²) in [6, 6.07) is 17.6. The van der Waals surface area contributed by atoms with E-state index >= 15 is 0 Å². The minimum Gasteiger partial charge on any atom is -0.350 e. The molecule has 1 amide bonds. The molecular weight excluding hydrogens is 430 g/mol. The lowest BCUT2D eigenvalue weighted by Crippen LogP contribution is -2.26. The highest BCUT2D eigenvalue weighted by Gasteiger charge is 2.17. The van der Waals surface area contributed by atoms with Crippen LogP contribution < -0.4 is 10.9 Å². The van der Waals surface area contributed by atoms with Crippen molar-refractivity contribution in [2.75, 3.05) is 5.75 Å². The number of H-pyrrole nitrogens is 1. The minimum atomic E-state index is -0.225. The molecule has 0 aliphatic rings. The summed E-state index contributed by atoms with van der Waals surface area (Å²) < 4.78 is 1.57. The van der Waals surface area contributed by atoms with Crippen LogP contribution in [0.25, 0.3) is 27.5 Å². The van der Waals surface area contributed by atoms with Gasteiger partial charge in [-0.15, -0.1) is 11.3 Å². The number of aromatic amines is 1. The topological polar surface area (TPSA) is 92.7 Å². The number of hydrogen-bond donors (Lipinski definition) is 2. The monoisotopic (exact) mass is 447 g/mol. The third-order valence-electron chi connectivity index (χ3n) is 4.83. The van der Waals surface area contributed by atoms with Gasteiger partial charge in [0.25, 0.3) is 5.56 Å². The van der Waals surface area contributed by atoms with E-state index in [1.54, 1.807) is 15.9 Å². The molecule has 0 aliphatic carbocycles. The highest BCUT2D eigenvalue weighted by atomic mass is 32.2. The number of hydrogen-bond acceptors (Lipinski definition) is 6. The number of amides is 1. The smallest absolute Gasteiger partial charge is 0.269 e. The first-order chi connectivity index (χ1) is 15.2. The normalized spacial score (nSPS) is 11.2. The average molecular weight is 448 g/mol. The molecule has 0 fully saturated rings. The highest BCUT2D eigenvalue weighted by Crippen LogP contribution is 2.26. The number of carbonyl (C=O) groups is 1. The van der Waals surface area contributed by atoms with Crippen LogP contribution in [0, 0.1) is 0 Å². The second kappa shape index (κ2) is 8.37. The third kappa shape index (κ3) is 3.85. The summed E-state index contributed by atoms with van der Waals surface area (Å²) in [5, 5.41) is 14.4. The summed E-state index contributed by atoms with van der Waals surface area (Å²) in [4.78, 5) is 31.4. The fourth-order valence-corrected chi connectivity index (χ4v) is 4.84. The van der Waals surface area contributed by atoms with Crippen LogP contribution in [0.15, 0.2) is 76.1 Å². The second-order valence-electron chi connectivity index (χ2n) is 6.81. The van der Waals surface area contributed by atoms with Crippen molar-refractivity contribution in [1.29, 1.82) is 0 Å². The highest BCUT2D eigenvalue weighted by molar-refractivity contribution is 7.99. The van der Waals surface area contributed by atoms with Crippen LogP contribution in [0.2, 0.25) is 0 Å². The number of fused-ring (bicyclic) bond motifs is 2. The Hall–Kier alpha value is -3.43. The van der Waals surface area contributed by atoms with Crippen molar-refractivity contribution in [3.05, 3.63) is 81.4 Å². The molecule has 0 spiro atoms. The molecule has 9 heteroatoms. The fraction of sp³-hybridized carbons (Fsp3) is 0.0909. The van der Waals surface area contributed by atoms with Crippen LogP contribution >= 0.6 is 23.1 Å². The van der Waals surface area contributed by atoms with E-state index in [0.717, 1.165) is 21.3 Å². The Morgan fingerprint density at radius 3 is 2.84 bits per heavy atom. The number of aromatic nitrogens is 4. The first kappa shape index (κ1) is 19.5. The molecule has 7 nitrogen and oxygen atoms in total. The molecule has 3 aromatic heterocycles. The SMILES string of the molecule is O=C(CSc1nc2[nH]ncc2c(=O)n1-c1cccc2ccccc12)NCc1cccs1. The third-order valence-corrected chi connectivity index (χ3v) is 6.65. The number of nitrogens with zero attached hydrogens (tertiary/aromatic N) is 3. The molecule has 2 aromatic carbocycles. The Balaban J connectivity index is 1.52. The van der Waals surface area contributed by atoms with E-state index in [0.29, 0.717) is 22.7 Å². The number of nitrogens with one attached hydrogen (secondary N) is 2. The summed E-state index contributed by atoms with van der Waals surface area (Å²) in [6.45, 7) is 0.486. The van der Waals surface area contributed by atoms with E-state index in [9.17, 15) is 9.59 Å². The Bertz CT molecular complexity index is 1430. The van der Waals surface area contributed by atoms with Crippen LogP contribution in [-0.2, 0) is 11.3 Å². The molecule has 154 valence electrons. The number of rotatable bonds is 6. The van der Waals surface area contributed by atoms with Crippen molar-refractivity contribution in [3.63, 3.8) is 0 Å². The number of thioether (sulfide) groups is 1. The maximum absolute atomic E-state index is 13.3. The molecule has 0 saturated carbocycles. The molecule has 0 unspecified atom stereocenters. The van der Waals surface area contributed by atoms with Gasteiger partial charge in [0.1, 0.15) is 5.39 Å². The van der Waals surface area contributed by atoms with Gasteiger partial charge in [-0.25, -0.2) is 4.98 Å². The first-order valence-corrected chi connectivity index (χ1v) is 11.4. The van der Waals surface area contributed by atoms with Gasteiger partial charge >= 0.3 is 0 Å². The molecule has 5 rings (SSSR count). The van der Waals surface area contributed by atoms with Crippen molar-refractivity contribution in [1.82, 2.24) is 25.1 Å². The Labute approximate surface area is 185 Å². The summed E-state index contributed by atoms with van der Waals surface area (Å²) >= 11 is 2.82. The molecule has 31 heavy (non-hydrogen) atoms. The van der Waals surface area contributed by atoms with Gasteiger partial charge in [-0.1, -0.05) is 54.2 Å². The van der Waals surface area contributed by atoms with Crippen molar-refractivity contribution in [2.24, 2.45) is 0 Å². The Kier molecular flexibility index (Phi) is 5.27. The van der Waals surface area contributed by atoms with Crippen LogP contribution in [-0.4, -0.2) is 31.4 Å². The maximum Gasteiger partial charge on any atom is 0.269 e. The minimum absolute atomic E-state index is 0.123. The number of benzene rings is 2. The summed E-state index contributed by atoms with van der Waals surface area (Å²) in [7, 11) is 0. The van der Waals surface area contributed by atoms with E-state index in [2.05, 4.69) is 20.5 Å². The molecule has 0 radical (unpaired) electrons.